The van der Waals surface area contributed by atoms with Gasteiger partial charge in [-0.25, -0.2) is 9.97 Å². The number of aryl methyl sites for hydroxylation is 1. The van der Waals surface area contributed by atoms with Crippen LogP contribution in [-0.4, -0.2) is 9.97 Å². The topological polar surface area (TPSA) is 63.8 Å². The molecule has 0 atom stereocenters. The zero-order chi connectivity index (χ0) is 14.7. The lowest BCUT2D eigenvalue weighted by Gasteiger charge is -2.08. The van der Waals surface area contributed by atoms with Crippen LogP contribution in [0.4, 0.5) is 17.3 Å². The van der Waals surface area contributed by atoms with Gasteiger partial charge < -0.3 is 11.1 Å². The van der Waals surface area contributed by atoms with E-state index >= 15 is 0 Å². The molecule has 0 unspecified atom stereocenters. The average molecular weight is 276 g/mol. The van der Waals surface area contributed by atoms with Gasteiger partial charge in [0, 0.05) is 11.8 Å². The van der Waals surface area contributed by atoms with Crippen molar-refractivity contribution in [2.75, 3.05) is 11.1 Å². The Morgan fingerprint density at radius 3 is 2.19 bits per heavy atom. The quantitative estimate of drug-likeness (QED) is 0.764. The first-order chi connectivity index (χ1) is 10.2. The van der Waals surface area contributed by atoms with Crippen LogP contribution in [0, 0.1) is 6.92 Å². The van der Waals surface area contributed by atoms with Crippen LogP contribution < -0.4 is 11.1 Å². The van der Waals surface area contributed by atoms with E-state index in [2.05, 4.69) is 39.6 Å². The highest BCUT2D eigenvalue weighted by Crippen LogP contribution is 2.22. The third-order valence-corrected chi connectivity index (χ3v) is 3.12. The highest BCUT2D eigenvalue weighted by atomic mass is 15.0. The molecule has 21 heavy (non-hydrogen) atoms. The predicted octanol–water partition coefficient (Wildman–Crippen LogP) is 3.78. The molecule has 1 aromatic heterocycles. The molecule has 0 saturated heterocycles. The number of nitrogens with two attached hydrogens (primary N) is 1. The van der Waals surface area contributed by atoms with Crippen LogP contribution in [0.15, 0.2) is 60.7 Å². The maximum absolute atomic E-state index is 5.72. The molecule has 3 N–H and O–H groups in total. The molecule has 4 nitrogen and oxygen atoms in total. The van der Waals surface area contributed by atoms with E-state index < -0.39 is 0 Å². The smallest absolute Gasteiger partial charge is 0.136 e. The van der Waals surface area contributed by atoms with Gasteiger partial charge in [-0.15, -0.1) is 0 Å². The third kappa shape index (κ3) is 3.17. The van der Waals surface area contributed by atoms with Gasteiger partial charge in [0.05, 0.1) is 0 Å². The largest absolute Gasteiger partial charge is 0.384 e. The first-order valence-corrected chi connectivity index (χ1v) is 6.74. The molecule has 104 valence electrons. The van der Waals surface area contributed by atoms with Crippen LogP contribution in [-0.2, 0) is 0 Å². The molecule has 0 aliphatic carbocycles. The van der Waals surface area contributed by atoms with Crippen LogP contribution in [0.25, 0.3) is 11.1 Å². The van der Waals surface area contributed by atoms with Crippen molar-refractivity contribution in [2.24, 2.45) is 0 Å². The molecule has 2 aromatic carbocycles. The van der Waals surface area contributed by atoms with E-state index in [1.807, 2.05) is 37.3 Å². The van der Waals surface area contributed by atoms with Gasteiger partial charge >= 0.3 is 0 Å². The lowest BCUT2D eigenvalue weighted by Crippen LogP contribution is -2.00. The Morgan fingerprint density at radius 1 is 0.857 bits per heavy atom. The second kappa shape index (κ2) is 5.63. The number of nitrogens with zero attached hydrogens (tertiary/aromatic N) is 2. The Hall–Kier alpha value is -2.88. The molecule has 0 saturated carbocycles. The molecule has 0 aliphatic heterocycles. The summed E-state index contributed by atoms with van der Waals surface area (Å²) < 4.78 is 0. The fourth-order valence-corrected chi connectivity index (χ4v) is 2.18. The molecular formula is C17H16N4. The van der Waals surface area contributed by atoms with Gasteiger partial charge in [0.1, 0.15) is 17.5 Å². The van der Waals surface area contributed by atoms with Crippen molar-refractivity contribution < 1.29 is 0 Å². The van der Waals surface area contributed by atoms with Crippen LogP contribution in [0.3, 0.4) is 0 Å². The van der Waals surface area contributed by atoms with Crippen molar-refractivity contribution in [1.29, 1.82) is 0 Å². The number of benzene rings is 2. The average Bonchev–Trinajstić information content (AvgIpc) is 2.48. The number of hydrogen-bond donors (Lipinski definition) is 2. The summed E-state index contributed by atoms with van der Waals surface area (Å²) in [6.45, 7) is 1.82. The summed E-state index contributed by atoms with van der Waals surface area (Å²) in [6.07, 6.45) is 0. The summed E-state index contributed by atoms with van der Waals surface area (Å²) in [4.78, 5) is 8.36. The number of hydrogen-bond acceptors (Lipinski definition) is 4. The second-order valence-electron chi connectivity index (χ2n) is 4.79. The zero-order valence-electron chi connectivity index (χ0n) is 11.7. The van der Waals surface area contributed by atoms with Crippen LogP contribution >= 0.6 is 0 Å². The molecule has 3 rings (SSSR count). The Labute approximate surface area is 123 Å². The molecular weight excluding hydrogens is 260 g/mol. The number of rotatable bonds is 3. The maximum atomic E-state index is 5.72. The van der Waals surface area contributed by atoms with E-state index in [9.17, 15) is 0 Å². The SMILES string of the molecule is Cc1nc(N)cc(Nc2ccc(-c3ccccc3)cc2)n1. The zero-order valence-corrected chi connectivity index (χ0v) is 11.7. The summed E-state index contributed by atoms with van der Waals surface area (Å²) in [5, 5.41) is 3.23. The van der Waals surface area contributed by atoms with Crippen molar-refractivity contribution >= 4 is 17.3 Å². The van der Waals surface area contributed by atoms with Crippen molar-refractivity contribution in [3.63, 3.8) is 0 Å². The van der Waals surface area contributed by atoms with Gasteiger partial charge in [-0.05, 0) is 30.2 Å². The molecule has 1 heterocycles. The Morgan fingerprint density at radius 2 is 1.52 bits per heavy atom. The Bertz CT molecular complexity index is 716. The summed E-state index contributed by atoms with van der Waals surface area (Å²) >= 11 is 0. The molecule has 0 bridgehead atoms. The third-order valence-electron chi connectivity index (χ3n) is 3.12. The van der Waals surface area contributed by atoms with E-state index in [-0.39, 0.29) is 0 Å². The van der Waals surface area contributed by atoms with Gasteiger partial charge in [0.15, 0.2) is 0 Å². The lowest BCUT2D eigenvalue weighted by atomic mass is 10.1. The van der Waals surface area contributed by atoms with E-state index in [1.165, 1.54) is 11.1 Å². The fourth-order valence-electron chi connectivity index (χ4n) is 2.18. The molecule has 3 aromatic rings. The molecule has 0 radical (unpaired) electrons. The van der Waals surface area contributed by atoms with Crippen molar-refractivity contribution in [1.82, 2.24) is 9.97 Å². The summed E-state index contributed by atoms with van der Waals surface area (Å²) in [7, 11) is 0. The monoisotopic (exact) mass is 276 g/mol. The van der Waals surface area contributed by atoms with Crippen molar-refractivity contribution in [3.05, 3.63) is 66.5 Å². The second-order valence-corrected chi connectivity index (χ2v) is 4.79. The minimum absolute atomic E-state index is 0.464. The predicted molar refractivity (Wildman–Crippen MR) is 86.3 cm³/mol. The van der Waals surface area contributed by atoms with Gasteiger partial charge in [-0.2, -0.15) is 0 Å². The highest BCUT2D eigenvalue weighted by molar-refractivity contribution is 5.67. The standard InChI is InChI=1S/C17H16N4/c1-12-19-16(18)11-17(20-12)21-15-9-7-14(8-10-15)13-5-3-2-4-6-13/h2-11H,1H3,(H3,18,19,20,21). The van der Waals surface area contributed by atoms with Gasteiger partial charge in [-0.3, -0.25) is 0 Å². The Kier molecular flexibility index (Phi) is 3.51. The number of anilines is 3. The normalized spacial score (nSPS) is 10.3. The first-order valence-electron chi connectivity index (χ1n) is 6.74. The minimum atomic E-state index is 0.464. The molecule has 0 spiro atoms. The first kappa shape index (κ1) is 13.1. The Balaban J connectivity index is 1.81. The maximum Gasteiger partial charge on any atom is 0.136 e. The van der Waals surface area contributed by atoms with Crippen LogP contribution in [0.2, 0.25) is 0 Å². The number of nitrogen functional groups attached to an aromatic ring is 1. The van der Waals surface area contributed by atoms with Crippen LogP contribution in [0.1, 0.15) is 5.82 Å². The lowest BCUT2D eigenvalue weighted by molar-refractivity contribution is 1.06. The van der Waals surface area contributed by atoms with Crippen molar-refractivity contribution in [3.8, 4) is 11.1 Å². The fraction of sp³-hybridized carbons (Fsp3) is 0.0588. The van der Waals surface area contributed by atoms with Gasteiger partial charge in [0.2, 0.25) is 0 Å². The summed E-state index contributed by atoms with van der Waals surface area (Å²) in [5.41, 5.74) is 9.07. The van der Waals surface area contributed by atoms with Gasteiger partial charge in [-0.1, -0.05) is 42.5 Å². The number of nitrogens with one attached hydrogen (secondary N) is 1. The molecule has 4 heteroatoms. The molecule has 0 amide bonds. The van der Waals surface area contributed by atoms with Gasteiger partial charge in [0.25, 0.3) is 0 Å². The summed E-state index contributed by atoms with van der Waals surface area (Å²) in [5.74, 6) is 1.82. The van der Waals surface area contributed by atoms with E-state index in [1.54, 1.807) is 6.07 Å². The molecule has 0 aliphatic rings. The molecule has 0 fully saturated rings. The van der Waals surface area contributed by atoms with Crippen molar-refractivity contribution in [2.45, 2.75) is 6.92 Å². The minimum Gasteiger partial charge on any atom is -0.384 e. The van der Waals surface area contributed by atoms with Crippen LogP contribution in [0.5, 0.6) is 0 Å². The number of aromatic nitrogens is 2. The summed E-state index contributed by atoms with van der Waals surface area (Å²) in [6, 6.07) is 20.2. The highest BCUT2D eigenvalue weighted by Gasteiger charge is 2.01. The van der Waals surface area contributed by atoms with E-state index in [0.29, 0.717) is 17.5 Å². The van der Waals surface area contributed by atoms with E-state index in [4.69, 9.17) is 5.73 Å². The van der Waals surface area contributed by atoms with E-state index in [0.717, 1.165) is 5.69 Å².